The fourth-order valence-corrected chi connectivity index (χ4v) is 1.34. The highest BCUT2D eigenvalue weighted by atomic mass is 16.5. The van der Waals surface area contributed by atoms with Crippen molar-refractivity contribution in [3.63, 3.8) is 0 Å². The van der Waals surface area contributed by atoms with E-state index in [1.54, 1.807) is 6.92 Å². The molecule has 0 aliphatic carbocycles. The van der Waals surface area contributed by atoms with Crippen LogP contribution in [-0.2, 0) is 0 Å². The van der Waals surface area contributed by atoms with E-state index in [1.165, 1.54) is 0 Å². The Morgan fingerprint density at radius 3 is 2.71 bits per heavy atom. The molecule has 0 bridgehead atoms. The molecule has 0 aliphatic heterocycles. The minimum atomic E-state index is -0.471. The van der Waals surface area contributed by atoms with Crippen molar-refractivity contribution < 1.29 is 9.84 Å². The van der Waals surface area contributed by atoms with Gasteiger partial charge in [0.2, 0.25) is 0 Å². The fourth-order valence-electron chi connectivity index (χ4n) is 1.34. The number of benzene rings is 1. The molecular formula is C12H18O2. The van der Waals surface area contributed by atoms with Gasteiger partial charge in [-0.15, -0.1) is 0 Å². The molecule has 1 rings (SSSR count). The van der Waals surface area contributed by atoms with E-state index in [4.69, 9.17) is 4.74 Å². The van der Waals surface area contributed by atoms with Crippen molar-refractivity contribution in [3.8, 4) is 5.75 Å². The average Bonchev–Trinajstić information content (AvgIpc) is 2.15. The Kier molecular flexibility index (Phi) is 3.96. The number of hydrogen-bond donors (Lipinski definition) is 1. The molecule has 0 amide bonds. The van der Waals surface area contributed by atoms with Crippen LogP contribution in [0.4, 0.5) is 0 Å². The minimum absolute atomic E-state index is 0.471. The van der Waals surface area contributed by atoms with Gasteiger partial charge in [-0.1, -0.05) is 18.6 Å². The lowest BCUT2D eigenvalue weighted by molar-refractivity contribution is 0.191. The lowest BCUT2D eigenvalue weighted by atomic mass is 10.1. The van der Waals surface area contributed by atoms with Crippen molar-refractivity contribution in [1.82, 2.24) is 0 Å². The molecule has 1 N–H and O–H groups in total. The molecule has 0 saturated carbocycles. The molecular weight excluding hydrogens is 176 g/mol. The molecule has 1 unspecified atom stereocenters. The number of rotatable bonds is 4. The van der Waals surface area contributed by atoms with Crippen LogP contribution >= 0.6 is 0 Å². The molecule has 0 fully saturated rings. The van der Waals surface area contributed by atoms with E-state index < -0.39 is 6.10 Å². The SMILES string of the molecule is CCCOc1ccc(C)cc1C(C)O. The van der Waals surface area contributed by atoms with Gasteiger partial charge < -0.3 is 9.84 Å². The standard InChI is InChI=1S/C12H18O2/c1-4-7-14-12-6-5-9(2)8-11(12)10(3)13/h5-6,8,10,13H,4,7H2,1-3H3. The molecule has 14 heavy (non-hydrogen) atoms. The summed E-state index contributed by atoms with van der Waals surface area (Å²) in [4.78, 5) is 0. The summed E-state index contributed by atoms with van der Waals surface area (Å²) in [6.45, 7) is 6.53. The van der Waals surface area contributed by atoms with Crippen LogP contribution in [0.25, 0.3) is 0 Å². The molecule has 1 aromatic rings. The Balaban J connectivity index is 2.90. The summed E-state index contributed by atoms with van der Waals surface area (Å²) >= 11 is 0. The maximum atomic E-state index is 9.55. The van der Waals surface area contributed by atoms with E-state index >= 15 is 0 Å². The number of hydrogen-bond acceptors (Lipinski definition) is 2. The lowest BCUT2D eigenvalue weighted by Gasteiger charge is -2.13. The van der Waals surface area contributed by atoms with Gasteiger partial charge in [0.05, 0.1) is 12.7 Å². The van der Waals surface area contributed by atoms with E-state index in [9.17, 15) is 5.11 Å². The van der Waals surface area contributed by atoms with Crippen molar-refractivity contribution in [3.05, 3.63) is 29.3 Å². The first-order valence-electron chi connectivity index (χ1n) is 5.06. The second-order valence-electron chi connectivity index (χ2n) is 3.57. The van der Waals surface area contributed by atoms with E-state index in [0.29, 0.717) is 6.61 Å². The third-order valence-corrected chi connectivity index (χ3v) is 2.08. The third-order valence-electron chi connectivity index (χ3n) is 2.08. The Morgan fingerprint density at radius 2 is 2.14 bits per heavy atom. The first kappa shape index (κ1) is 11.1. The van der Waals surface area contributed by atoms with Crippen molar-refractivity contribution in [1.29, 1.82) is 0 Å². The van der Waals surface area contributed by atoms with Crippen LogP contribution in [0.3, 0.4) is 0 Å². The average molecular weight is 194 g/mol. The molecule has 1 atom stereocenters. The molecule has 2 nitrogen and oxygen atoms in total. The molecule has 2 heteroatoms. The van der Waals surface area contributed by atoms with Gasteiger partial charge in [-0.2, -0.15) is 0 Å². The largest absolute Gasteiger partial charge is 0.493 e. The monoisotopic (exact) mass is 194 g/mol. The van der Waals surface area contributed by atoms with E-state index in [0.717, 1.165) is 23.3 Å². The summed E-state index contributed by atoms with van der Waals surface area (Å²) in [6.07, 6.45) is 0.509. The van der Waals surface area contributed by atoms with Crippen LogP contribution in [-0.4, -0.2) is 11.7 Å². The molecule has 0 spiro atoms. The molecule has 0 heterocycles. The Bertz CT molecular complexity index is 292. The van der Waals surface area contributed by atoms with E-state index in [2.05, 4.69) is 6.92 Å². The first-order valence-corrected chi connectivity index (χ1v) is 5.06. The quantitative estimate of drug-likeness (QED) is 0.798. The Labute approximate surface area is 85.5 Å². The summed E-state index contributed by atoms with van der Waals surface area (Å²) in [6, 6.07) is 5.89. The van der Waals surface area contributed by atoms with Crippen LogP contribution in [0.2, 0.25) is 0 Å². The van der Waals surface area contributed by atoms with Crippen LogP contribution < -0.4 is 4.74 Å². The van der Waals surface area contributed by atoms with Gasteiger partial charge in [-0.05, 0) is 32.4 Å². The summed E-state index contributed by atoms with van der Waals surface area (Å²) in [5, 5.41) is 9.55. The molecule has 0 aliphatic rings. The smallest absolute Gasteiger partial charge is 0.125 e. The third kappa shape index (κ3) is 2.74. The summed E-state index contributed by atoms with van der Waals surface area (Å²) in [5.41, 5.74) is 2.02. The van der Waals surface area contributed by atoms with E-state index in [-0.39, 0.29) is 0 Å². The molecule has 1 aromatic carbocycles. The van der Waals surface area contributed by atoms with Gasteiger partial charge in [0.15, 0.2) is 0 Å². The highest BCUT2D eigenvalue weighted by Crippen LogP contribution is 2.26. The Hall–Kier alpha value is -1.02. The normalized spacial score (nSPS) is 12.6. The number of ether oxygens (including phenoxy) is 1. The number of aliphatic hydroxyl groups is 1. The molecule has 0 saturated heterocycles. The zero-order valence-corrected chi connectivity index (χ0v) is 9.08. The second kappa shape index (κ2) is 5.01. The van der Waals surface area contributed by atoms with Gasteiger partial charge in [0, 0.05) is 5.56 Å². The second-order valence-corrected chi connectivity index (χ2v) is 3.57. The Morgan fingerprint density at radius 1 is 1.43 bits per heavy atom. The predicted octanol–water partition coefficient (Wildman–Crippen LogP) is 2.84. The highest BCUT2D eigenvalue weighted by Gasteiger charge is 2.08. The fraction of sp³-hybridized carbons (Fsp3) is 0.500. The van der Waals surface area contributed by atoms with Gasteiger partial charge >= 0.3 is 0 Å². The van der Waals surface area contributed by atoms with Crippen LogP contribution in [0.1, 0.15) is 37.5 Å². The zero-order valence-electron chi connectivity index (χ0n) is 9.08. The molecule has 78 valence electrons. The first-order chi connectivity index (χ1) is 6.65. The van der Waals surface area contributed by atoms with E-state index in [1.807, 2.05) is 25.1 Å². The zero-order chi connectivity index (χ0) is 10.6. The number of aliphatic hydroxyl groups excluding tert-OH is 1. The van der Waals surface area contributed by atoms with Crippen molar-refractivity contribution in [2.24, 2.45) is 0 Å². The van der Waals surface area contributed by atoms with Gasteiger partial charge in [-0.25, -0.2) is 0 Å². The van der Waals surface area contributed by atoms with Gasteiger partial charge in [0.1, 0.15) is 5.75 Å². The summed E-state index contributed by atoms with van der Waals surface area (Å²) < 4.78 is 5.54. The van der Waals surface area contributed by atoms with Crippen LogP contribution in [0.5, 0.6) is 5.75 Å². The van der Waals surface area contributed by atoms with Crippen LogP contribution in [0, 0.1) is 6.92 Å². The van der Waals surface area contributed by atoms with Crippen LogP contribution in [0.15, 0.2) is 18.2 Å². The van der Waals surface area contributed by atoms with Gasteiger partial charge in [0.25, 0.3) is 0 Å². The van der Waals surface area contributed by atoms with Gasteiger partial charge in [-0.3, -0.25) is 0 Å². The molecule has 0 radical (unpaired) electrons. The van der Waals surface area contributed by atoms with Crippen molar-refractivity contribution >= 4 is 0 Å². The van der Waals surface area contributed by atoms with Crippen molar-refractivity contribution in [2.45, 2.75) is 33.3 Å². The maximum Gasteiger partial charge on any atom is 0.125 e. The topological polar surface area (TPSA) is 29.5 Å². The lowest BCUT2D eigenvalue weighted by Crippen LogP contribution is -2.01. The summed E-state index contributed by atoms with van der Waals surface area (Å²) in [5.74, 6) is 0.799. The number of aryl methyl sites for hydroxylation is 1. The maximum absolute atomic E-state index is 9.55. The predicted molar refractivity (Wildman–Crippen MR) is 57.6 cm³/mol. The highest BCUT2D eigenvalue weighted by molar-refractivity contribution is 5.38. The molecule has 0 aromatic heterocycles. The van der Waals surface area contributed by atoms with Crippen molar-refractivity contribution in [2.75, 3.05) is 6.61 Å². The minimum Gasteiger partial charge on any atom is -0.493 e. The summed E-state index contributed by atoms with van der Waals surface area (Å²) in [7, 11) is 0.